The Bertz CT molecular complexity index is 1090. The van der Waals surface area contributed by atoms with Gasteiger partial charge in [-0.05, 0) is 31.1 Å². The van der Waals surface area contributed by atoms with Gasteiger partial charge in [0.05, 0.1) is 23.8 Å². The van der Waals surface area contributed by atoms with Gasteiger partial charge in [0.2, 0.25) is 5.91 Å². The van der Waals surface area contributed by atoms with Crippen molar-refractivity contribution in [2.24, 2.45) is 16.5 Å². The number of carbonyl (C=O) groups is 2. The highest BCUT2D eigenvalue weighted by molar-refractivity contribution is 6.07. The van der Waals surface area contributed by atoms with Gasteiger partial charge in [0.25, 0.3) is 5.91 Å². The number of ether oxygens (including phenoxy) is 1. The van der Waals surface area contributed by atoms with E-state index in [1.807, 2.05) is 11.0 Å². The number of hydrogen-bond donors (Lipinski definition) is 3. The van der Waals surface area contributed by atoms with Crippen LogP contribution in [0.4, 0.5) is 11.4 Å². The monoisotopic (exact) mass is 464 g/mol. The highest BCUT2D eigenvalue weighted by atomic mass is 16.5. The molecule has 0 bridgehead atoms. The summed E-state index contributed by atoms with van der Waals surface area (Å²) in [5.74, 6) is 0.500. The van der Waals surface area contributed by atoms with Crippen LogP contribution in [0.15, 0.2) is 47.2 Å². The van der Waals surface area contributed by atoms with Crippen LogP contribution >= 0.6 is 0 Å². The molecule has 1 aromatic carbocycles. The predicted octanol–water partition coefficient (Wildman–Crippen LogP) is 3.10. The lowest BCUT2D eigenvalue weighted by Gasteiger charge is -2.22. The van der Waals surface area contributed by atoms with Crippen molar-refractivity contribution in [3.8, 4) is 5.75 Å². The van der Waals surface area contributed by atoms with Gasteiger partial charge in [0, 0.05) is 48.8 Å². The molecule has 9 heteroatoms. The van der Waals surface area contributed by atoms with Crippen LogP contribution in [0.3, 0.4) is 0 Å². The molecule has 2 aromatic rings. The molecule has 1 aromatic heterocycles. The number of aliphatic imine (C=N–C) groups is 1. The molecule has 0 saturated carbocycles. The summed E-state index contributed by atoms with van der Waals surface area (Å²) >= 11 is 0. The molecule has 34 heavy (non-hydrogen) atoms. The summed E-state index contributed by atoms with van der Waals surface area (Å²) < 4.78 is 5.45. The van der Waals surface area contributed by atoms with E-state index in [0.29, 0.717) is 60.3 Å². The minimum absolute atomic E-state index is 0.0271. The van der Waals surface area contributed by atoms with Crippen molar-refractivity contribution in [1.82, 2.24) is 9.88 Å². The lowest BCUT2D eigenvalue weighted by Crippen LogP contribution is -2.34. The van der Waals surface area contributed by atoms with Gasteiger partial charge >= 0.3 is 0 Å². The van der Waals surface area contributed by atoms with Crippen molar-refractivity contribution in [3.05, 3.63) is 53.4 Å². The Morgan fingerprint density at radius 3 is 2.62 bits per heavy atom. The van der Waals surface area contributed by atoms with Crippen LogP contribution < -0.4 is 21.5 Å². The van der Waals surface area contributed by atoms with Gasteiger partial charge < -0.3 is 26.4 Å². The lowest BCUT2D eigenvalue weighted by molar-refractivity contribution is -0.127. The first-order valence-electron chi connectivity index (χ1n) is 11.5. The van der Waals surface area contributed by atoms with Gasteiger partial charge in [-0.3, -0.25) is 14.6 Å². The zero-order valence-corrected chi connectivity index (χ0v) is 19.7. The van der Waals surface area contributed by atoms with Crippen molar-refractivity contribution in [3.63, 3.8) is 0 Å². The molecule has 2 heterocycles. The normalized spacial score (nSPS) is 12.7. The van der Waals surface area contributed by atoms with Gasteiger partial charge in [-0.25, -0.2) is 4.99 Å². The molecular weight excluding hydrogens is 432 g/mol. The molecule has 0 aliphatic carbocycles. The molecule has 5 N–H and O–H groups in total. The molecule has 0 spiro atoms. The fourth-order valence-electron chi connectivity index (χ4n) is 3.67. The van der Waals surface area contributed by atoms with Crippen molar-refractivity contribution in [2.75, 3.05) is 31.6 Å². The van der Waals surface area contributed by atoms with Crippen LogP contribution in [0.5, 0.6) is 5.75 Å². The van der Waals surface area contributed by atoms with E-state index in [0.717, 1.165) is 18.4 Å². The standard InChI is InChI=1S/C25H32N6O3/c1-3-8-31(9-4-2)25(33)19-11-17-5-6-18(12-22(17)30-23(27)13-19)24(32)29-20-14-21(16-28-15-20)34-10-7-26/h5-6,11-12,14-16H,3-4,7-10,13,26H2,1-2H3,(H2,27,30)(H,29,32). The fourth-order valence-corrected chi connectivity index (χ4v) is 3.67. The third kappa shape index (κ3) is 6.41. The van der Waals surface area contributed by atoms with Crippen LogP contribution in [0.1, 0.15) is 49.0 Å². The molecule has 0 fully saturated rings. The number of carbonyl (C=O) groups excluding carboxylic acids is 2. The molecule has 2 amide bonds. The summed E-state index contributed by atoms with van der Waals surface area (Å²) in [5.41, 5.74) is 14.4. The number of rotatable bonds is 10. The van der Waals surface area contributed by atoms with Gasteiger partial charge in [0.1, 0.15) is 18.2 Å². The quantitative estimate of drug-likeness (QED) is 0.494. The van der Waals surface area contributed by atoms with E-state index >= 15 is 0 Å². The minimum atomic E-state index is -0.323. The van der Waals surface area contributed by atoms with E-state index < -0.39 is 0 Å². The van der Waals surface area contributed by atoms with E-state index in [-0.39, 0.29) is 18.2 Å². The molecule has 180 valence electrons. The van der Waals surface area contributed by atoms with E-state index in [1.54, 1.807) is 30.5 Å². The highest BCUT2D eigenvalue weighted by Crippen LogP contribution is 2.29. The Morgan fingerprint density at radius 1 is 1.15 bits per heavy atom. The summed E-state index contributed by atoms with van der Waals surface area (Å²) in [6.07, 6.45) is 6.94. The second kappa shape index (κ2) is 11.9. The Morgan fingerprint density at radius 2 is 1.91 bits per heavy atom. The van der Waals surface area contributed by atoms with Gasteiger partial charge in [-0.2, -0.15) is 0 Å². The largest absolute Gasteiger partial charge is 0.491 e. The molecule has 3 rings (SSSR count). The third-order valence-electron chi connectivity index (χ3n) is 5.16. The van der Waals surface area contributed by atoms with Crippen molar-refractivity contribution in [2.45, 2.75) is 33.1 Å². The number of pyridine rings is 1. The highest BCUT2D eigenvalue weighted by Gasteiger charge is 2.21. The van der Waals surface area contributed by atoms with Crippen LogP contribution in [0.2, 0.25) is 0 Å². The summed E-state index contributed by atoms with van der Waals surface area (Å²) in [7, 11) is 0. The van der Waals surface area contributed by atoms with Crippen LogP contribution in [-0.4, -0.2) is 53.8 Å². The van der Waals surface area contributed by atoms with E-state index in [9.17, 15) is 9.59 Å². The van der Waals surface area contributed by atoms with E-state index in [1.165, 1.54) is 6.20 Å². The number of anilines is 1. The maximum Gasteiger partial charge on any atom is 0.255 e. The topological polar surface area (TPSA) is 136 Å². The molecule has 0 saturated heterocycles. The third-order valence-corrected chi connectivity index (χ3v) is 5.16. The Kier molecular flexibility index (Phi) is 8.75. The molecule has 0 radical (unpaired) electrons. The molecule has 0 atom stereocenters. The van der Waals surface area contributed by atoms with Gasteiger partial charge in [-0.1, -0.05) is 19.9 Å². The molecule has 0 unspecified atom stereocenters. The Hall–Kier alpha value is -3.72. The average molecular weight is 465 g/mol. The zero-order valence-electron chi connectivity index (χ0n) is 19.7. The van der Waals surface area contributed by atoms with Crippen LogP contribution in [0.25, 0.3) is 6.08 Å². The number of benzene rings is 1. The summed E-state index contributed by atoms with van der Waals surface area (Å²) in [6.45, 7) is 6.23. The second-order valence-corrected chi connectivity index (χ2v) is 8.02. The number of fused-ring (bicyclic) bond motifs is 1. The average Bonchev–Trinajstić information content (AvgIpc) is 2.99. The molecule has 1 aliphatic rings. The number of amides is 2. The first kappa shape index (κ1) is 24.9. The lowest BCUT2D eigenvalue weighted by atomic mass is 10.0. The number of hydrogen-bond acceptors (Lipinski definition) is 7. The maximum atomic E-state index is 13.1. The first-order chi connectivity index (χ1) is 16.4. The van der Waals surface area contributed by atoms with Crippen LogP contribution in [-0.2, 0) is 4.79 Å². The number of nitrogens with zero attached hydrogens (tertiary/aromatic N) is 3. The maximum absolute atomic E-state index is 13.1. The molecule has 1 aliphatic heterocycles. The second-order valence-electron chi connectivity index (χ2n) is 8.02. The Balaban J connectivity index is 1.82. The molecule has 9 nitrogen and oxygen atoms in total. The van der Waals surface area contributed by atoms with Gasteiger partial charge in [0.15, 0.2) is 0 Å². The predicted molar refractivity (Wildman–Crippen MR) is 134 cm³/mol. The van der Waals surface area contributed by atoms with Crippen molar-refractivity contribution < 1.29 is 14.3 Å². The zero-order chi connectivity index (χ0) is 24.5. The molecular formula is C25H32N6O3. The minimum Gasteiger partial charge on any atom is -0.491 e. The number of aromatic nitrogens is 1. The van der Waals surface area contributed by atoms with Crippen molar-refractivity contribution >= 4 is 35.1 Å². The SMILES string of the molecule is CCCN(CCC)C(=O)C1=Cc2ccc(C(=O)Nc3cncc(OCCN)c3)cc2N=C(N)C1. The first-order valence-corrected chi connectivity index (χ1v) is 11.5. The van der Waals surface area contributed by atoms with Crippen LogP contribution in [0, 0.1) is 0 Å². The van der Waals surface area contributed by atoms with E-state index in [4.69, 9.17) is 16.2 Å². The summed E-state index contributed by atoms with van der Waals surface area (Å²) in [6, 6.07) is 6.82. The number of nitrogens with one attached hydrogen (secondary N) is 1. The van der Waals surface area contributed by atoms with Crippen molar-refractivity contribution in [1.29, 1.82) is 0 Å². The number of nitrogens with two attached hydrogens (primary N) is 2. The van der Waals surface area contributed by atoms with E-state index in [2.05, 4.69) is 29.1 Å². The summed E-state index contributed by atoms with van der Waals surface area (Å²) in [4.78, 5) is 36.4. The smallest absolute Gasteiger partial charge is 0.255 e. The number of amidine groups is 1. The Labute approximate surface area is 199 Å². The van der Waals surface area contributed by atoms with Gasteiger partial charge in [-0.15, -0.1) is 0 Å². The summed E-state index contributed by atoms with van der Waals surface area (Å²) in [5, 5.41) is 2.81. The fraction of sp³-hybridized carbons (Fsp3) is 0.360.